The molecule has 0 unspecified atom stereocenters. The average Bonchev–Trinajstić information content (AvgIpc) is 2.54. The van der Waals surface area contributed by atoms with Crippen LogP contribution in [0.5, 0.6) is 0 Å². The van der Waals surface area contributed by atoms with E-state index in [1.54, 1.807) is 17.0 Å². The number of primary amides is 1. The van der Waals surface area contributed by atoms with E-state index in [0.717, 1.165) is 23.4 Å². The Bertz CT molecular complexity index is 694. The third-order valence-corrected chi connectivity index (χ3v) is 3.76. The van der Waals surface area contributed by atoms with E-state index in [4.69, 9.17) is 5.73 Å². The molecule has 0 aliphatic carbocycles. The quantitative estimate of drug-likeness (QED) is 0.848. The second-order valence-corrected chi connectivity index (χ2v) is 5.88. The minimum absolute atomic E-state index is 0.0965. The Morgan fingerprint density at radius 3 is 2.25 bits per heavy atom. The molecule has 0 bridgehead atoms. The van der Waals surface area contributed by atoms with Crippen molar-refractivity contribution in [2.24, 2.45) is 5.73 Å². The third-order valence-electron chi connectivity index (χ3n) is 3.76. The predicted molar refractivity (Wildman–Crippen MR) is 93.6 cm³/mol. The number of hydrogen-bond acceptors (Lipinski definition) is 3. The van der Waals surface area contributed by atoms with Crippen molar-refractivity contribution in [1.29, 1.82) is 0 Å². The van der Waals surface area contributed by atoms with Crippen molar-refractivity contribution in [1.82, 2.24) is 9.88 Å². The van der Waals surface area contributed by atoms with E-state index in [-0.39, 0.29) is 12.3 Å². The van der Waals surface area contributed by atoms with Gasteiger partial charge in [0, 0.05) is 36.5 Å². The van der Waals surface area contributed by atoms with Crippen molar-refractivity contribution >= 4 is 11.8 Å². The summed E-state index contributed by atoms with van der Waals surface area (Å²) in [5, 5.41) is 0. The zero-order chi connectivity index (χ0) is 17.5. The van der Waals surface area contributed by atoms with Crippen LogP contribution < -0.4 is 5.73 Å². The van der Waals surface area contributed by atoms with E-state index in [1.165, 1.54) is 0 Å². The van der Waals surface area contributed by atoms with Gasteiger partial charge in [0.25, 0.3) is 5.91 Å². The van der Waals surface area contributed by atoms with E-state index in [2.05, 4.69) is 4.98 Å². The van der Waals surface area contributed by atoms with E-state index < -0.39 is 5.91 Å². The Kier molecular flexibility index (Phi) is 6.07. The fourth-order valence-electron chi connectivity index (χ4n) is 2.61. The number of carbonyl (C=O) groups is 2. The summed E-state index contributed by atoms with van der Waals surface area (Å²) in [6.07, 6.45) is 0.887. The van der Waals surface area contributed by atoms with Gasteiger partial charge in [0.1, 0.15) is 0 Å². The largest absolute Gasteiger partial charge is 0.370 e. The Morgan fingerprint density at radius 1 is 1.04 bits per heavy atom. The summed E-state index contributed by atoms with van der Waals surface area (Å²) in [5.74, 6) is -0.504. The zero-order valence-electron chi connectivity index (χ0n) is 14.2. The number of pyridine rings is 1. The van der Waals surface area contributed by atoms with Crippen LogP contribution in [-0.4, -0.2) is 34.8 Å². The SMILES string of the molecule is Cc1cc(C(=O)N(CCC(N)=O)CCc2ccccc2)cc(C)n1. The highest BCUT2D eigenvalue weighted by atomic mass is 16.2. The molecular weight excluding hydrogens is 302 g/mol. The molecule has 0 aliphatic rings. The van der Waals surface area contributed by atoms with Crippen molar-refractivity contribution in [3.63, 3.8) is 0 Å². The highest BCUT2D eigenvalue weighted by Crippen LogP contribution is 2.11. The van der Waals surface area contributed by atoms with Crippen molar-refractivity contribution in [3.05, 3.63) is 65.0 Å². The van der Waals surface area contributed by atoms with Gasteiger partial charge in [-0.15, -0.1) is 0 Å². The molecular formula is C19H23N3O2. The van der Waals surface area contributed by atoms with Gasteiger partial charge in [-0.2, -0.15) is 0 Å². The van der Waals surface area contributed by atoms with Gasteiger partial charge in [0.2, 0.25) is 5.91 Å². The zero-order valence-corrected chi connectivity index (χ0v) is 14.2. The minimum Gasteiger partial charge on any atom is -0.370 e. The van der Waals surface area contributed by atoms with Gasteiger partial charge in [0.05, 0.1) is 0 Å². The van der Waals surface area contributed by atoms with Gasteiger partial charge >= 0.3 is 0 Å². The first-order valence-electron chi connectivity index (χ1n) is 8.02. The lowest BCUT2D eigenvalue weighted by atomic mass is 10.1. The van der Waals surface area contributed by atoms with Crippen LogP contribution in [0.15, 0.2) is 42.5 Å². The molecule has 2 rings (SSSR count). The number of nitrogens with zero attached hydrogens (tertiary/aromatic N) is 2. The molecule has 24 heavy (non-hydrogen) atoms. The van der Waals surface area contributed by atoms with Crippen LogP contribution in [0.3, 0.4) is 0 Å². The first kappa shape index (κ1) is 17.7. The van der Waals surface area contributed by atoms with Crippen LogP contribution in [-0.2, 0) is 11.2 Å². The Balaban J connectivity index is 2.14. The topological polar surface area (TPSA) is 76.3 Å². The number of nitrogens with two attached hydrogens (primary N) is 1. The summed E-state index contributed by atoms with van der Waals surface area (Å²) in [5.41, 5.74) is 8.60. The highest BCUT2D eigenvalue weighted by molar-refractivity contribution is 5.94. The van der Waals surface area contributed by atoms with Gasteiger partial charge in [0.15, 0.2) is 0 Å². The molecule has 1 aromatic heterocycles. The number of rotatable bonds is 7. The van der Waals surface area contributed by atoms with E-state index in [1.807, 2.05) is 44.2 Å². The highest BCUT2D eigenvalue weighted by Gasteiger charge is 2.17. The van der Waals surface area contributed by atoms with Gasteiger partial charge in [-0.1, -0.05) is 30.3 Å². The normalized spacial score (nSPS) is 10.4. The molecule has 0 atom stereocenters. The summed E-state index contributed by atoms with van der Waals surface area (Å²) >= 11 is 0. The molecule has 0 radical (unpaired) electrons. The van der Waals surface area contributed by atoms with Gasteiger partial charge in [-0.3, -0.25) is 14.6 Å². The van der Waals surface area contributed by atoms with Crippen LogP contribution in [0.2, 0.25) is 0 Å². The van der Waals surface area contributed by atoms with E-state index >= 15 is 0 Å². The van der Waals surface area contributed by atoms with Gasteiger partial charge in [-0.25, -0.2) is 0 Å². The second-order valence-electron chi connectivity index (χ2n) is 5.88. The summed E-state index contributed by atoms with van der Waals surface area (Å²) < 4.78 is 0. The molecule has 126 valence electrons. The lowest BCUT2D eigenvalue weighted by molar-refractivity contribution is -0.118. The molecule has 0 aliphatic heterocycles. The molecule has 0 spiro atoms. The first-order chi connectivity index (χ1) is 11.5. The number of benzene rings is 1. The third kappa shape index (κ3) is 5.19. The van der Waals surface area contributed by atoms with Crippen LogP contribution in [0.4, 0.5) is 0 Å². The maximum absolute atomic E-state index is 12.8. The molecule has 1 heterocycles. The fraction of sp³-hybridized carbons (Fsp3) is 0.316. The first-order valence-corrected chi connectivity index (χ1v) is 8.02. The number of carbonyl (C=O) groups excluding carboxylic acids is 2. The van der Waals surface area contributed by atoms with Crippen molar-refractivity contribution in [2.75, 3.05) is 13.1 Å². The molecule has 5 nitrogen and oxygen atoms in total. The summed E-state index contributed by atoms with van der Waals surface area (Å²) in [6.45, 7) is 4.58. The van der Waals surface area contributed by atoms with E-state index in [9.17, 15) is 9.59 Å². The van der Waals surface area contributed by atoms with Crippen molar-refractivity contribution in [2.45, 2.75) is 26.7 Å². The number of amides is 2. The fourth-order valence-corrected chi connectivity index (χ4v) is 2.61. The van der Waals surface area contributed by atoms with Crippen LogP contribution in [0.1, 0.15) is 33.7 Å². The maximum Gasteiger partial charge on any atom is 0.254 e. The molecule has 2 amide bonds. The van der Waals surface area contributed by atoms with Gasteiger partial charge in [-0.05, 0) is 38.0 Å². The number of hydrogen-bond donors (Lipinski definition) is 1. The Labute approximate surface area is 142 Å². The average molecular weight is 325 g/mol. The molecule has 5 heteroatoms. The maximum atomic E-state index is 12.8. The van der Waals surface area contributed by atoms with Crippen LogP contribution >= 0.6 is 0 Å². The molecule has 0 saturated carbocycles. The second kappa shape index (κ2) is 8.24. The standard InChI is InChI=1S/C19H23N3O2/c1-14-12-17(13-15(2)21-14)19(24)22(11-9-18(20)23)10-8-16-6-4-3-5-7-16/h3-7,12-13H,8-11H2,1-2H3,(H2,20,23). The van der Waals surface area contributed by atoms with Crippen LogP contribution in [0, 0.1) is 13.8 Å². The Hall–Kier alpha value is -2.69. The van der Waals surface area contributed by atoms with Crippen molar-refractivity contribution < 1.29 is 9.59 Å². The molecule has 2 aromatic rings. The molecule has 1 aromatic carbocycles. The van der Waals surface area contributed by atoms with Crippen molar-refractivity contribution in [3.8, 4) is 0 Å². The number of aryl methyl sites for hydroxylation is 2. The summed E-state index contributed by atoms with van der Waals surface area (Å²) in [4.78, 5) is 29.9. The van der Waals surface area contributed by atoms with Gasteiger partial charge < -0.3 is 10.6 Å². The lowest BCUT2D eigenvalue weighted by Gasteiger charge is -2.22. The Morgan fingerprint density at radius 2 is 1.67 bits per heavy atom. The monoisotopic (exact) mass is 325 g/mol. The predicted octanol–water partition coefficient (Wildman–Crippen LogP) is 2.26. The van der Waals surface area contributed by atoms with Crippen LogP contribution in [0.25, 0.3) is 0 Å². The molecule has 2 N–H and O–H groups in total. The lowest BCUT2D eigenvalue weighted by Crippen LogP contribution is -2.35. The minimum atomic E-state index is -0.408. The molecule has 0 fully saturated rings. The number of aromatic nitrogens is 1. The smallest absolute Gasteiger partial charge is 0.254 e. The summed E-state index contributed by atoms with van der Waals surface area (Å²) in [7, 11) is 0. The summed E-state index contributed by atoms with van der Waals surface area (Å²) in [6, 6.07) is 13.5. The molecule has 0 saturated heterocycles. The van der Waals surface area contributed by atoms with E-state index in [0.29, 0.717) is 18.7 Å².